The number of hydrogen-bond acceptors (Lipinski definition) is 5. The van der Waals surface area contributed by atoms with Gasteiger partial charge in [0.1, 0.15) is 5.75 Å². The molecule has 194 valence electrons. The highest BCUT2D eigenvalue weighted by Crippen LogP contribution is 2.44. The Morgan fingerprint density at radius 3 is 2.47 bits per heavy atom. The number of thiocarbonyl (C=S) groups is 1. The Hall–Kier alpha value is -4.04. The first-order valence-electron chi connectivity index (χ1n) is 12.8. The number of fused-ring (bicyclic) bond motifs is 1. The zero-order valence-corrected chi connectivity index (χ0v) is 22.7. The van der Waals surface area contributed by atoms with E-state index >= 15 is 0 Å². The minimum Gasteiger partial charge on any atom is -0.491 e. The molecule has 2 aromatic carbocycles. The molecule has 0 bridgehead atoms. The summed E-state index contributed by atoms with van der Waals surface area (Å²) in [5.74, 6) is 2.37. The summed E-state index contributed by atoms with van der Waals surface area (Å²) in [4.78, 5) is 6.89. The largest absolute Gasteiger partial charge is 0.491 e. The number of hydrogen-bond donors (Lipinski definition) is 1. The lowest BCUT2D eigenvalue weighted by atomic mass is 9.96. The smallest absolute Gasteiger partial charge is 0.231 e. The van der Waals surface area contributed by atoms with E-state index in [0.717, 1.165) is 45.7 Å². The van der Waals surface area contributed by atoms with Gasteiger partial charge in [-0.3, -0.25) is 4.98 Å². The third kappa shape index (κ3) is 4.24. The Bertz CT molecular complexity index is 1480. The van der Waals surface area contributed by atoms with Crippen LogP contribution in [0.25, 0.3) is 5.69 Å². The van der Waals surface area contributed by atoms with Crippen molar-refractivity contribution in [3.05, 3.63) is 95.6 Å². The van der Waals surface area contributed by atoms with E-state index < -0.39 is 0 Å². The minimum atomic E-state index is -0.124. The Labute approximate surface area is 228 Å². The van der Waals surface area contributed by atoms with Crippen LogP contribution in [0.3, 0.4) is 0 Å². The van der Waals surface area contributed by atoms with Gasteiger partial charge in [0.05, 0.1) is 23.9 Å². The van der Waals surface area contributed by atoms with Gasteiger partial charge in [-0.25, -0.2) is 0 Å². The molecule has 0 aliphatic carbocycles. The van der Waals surface area contributed by atoms with E-state index in [1.807, 2.05) is 62.5 Å². The summed E-state index contributed by atoms with van der Waals surface area (Å²) < 4.78 is 19.3. The fraction of sp³-hybridized carbons (Fsp3) is 0.267. The van der Waals surface area contributed by atoms with E-state index in [4.69, 9.17) is 31.4 Å². The Morgan fingerprint density at radius 2 is 1.74 bits per heavy atom. The summed E-state index contributed by atoms with van der Waals surface area (Å²) in [5, 5.41) is 4.22. The molecule has 6 rings (SSSR count). The van der Waals surface area contributed by atoms with E-state index in [-0.39, 0.29) is 25.0 Å². The number of pyridine rings is 1. The first kappa shape index (κ1) is 24.3. The van der Waals surface area contributed by atoms with Gasteiger partial charge in [-0.1, -0.05) is 6.07 Å². The van der Waals surface area contributed by atoms with Crippen molar-refractivity contribution in [1.29, 1.82) is 0 Å². The fourth-order valence-electron chi connectivity index (χ4n) is 5.42. The first-order valence-corrected chi connectivity index (χ1v) is 13.2. The molecule has 4 aromatic rings. The van der Waals surface area contributed by atoms with Gasteiger partial charge in [0, 0.05) is 35.0 Å². The minimum absolute atomic E-state index is 0.108. The van der Waals surface area contributed by atoms with E-state index in [9.17, 15) is 0 Å². The van der Waals surface area contributed by atoms with Crippen molar-refractivity contribution in [2.24, 2.45) is 0 Å². The predicted octanol–water partition coefficient (Wildman–Crippen LogP) is 6.18. The van der Waals surface area contributed by atoms with Gasteiger partial charge in [0.2, 0.25) is 6.79 Å². The summed E-state index contributed by atoms with van der Waals surface area (Å²) in [6.07, 6.45) is 1.94. The molecule has 1 saturated heterocycles. The molecule has 38 heavy (non-hydrogen) atoms. The van der Waals surface area contributed by atoms with Crippen LogP contribution in [0, 0.1) is 13.8 Å². The van der Waals surface area contributed by atoms with Gasteiger partial charge in [0.25, 0.3) is 0 Å². The Kier molecular flexibility index (Phi) is 6.19. The Morgan fingerprint density at radius 1 is 0.974 bits per heavy atom. The zero-order valence-electron chi connectivity index (χ0n) is 21.8. The van der Waals surface area contributed by atoms with Gasteiger partial charge in [-0.2, -0.15) is 0 Å². The van der Waals surface area contributed by atoms with Crippen LogP contribution in [-0.2, 0) is 0 Å². The summed E-state index contributed by atoms with van der Waals surface area (Å²) in [6, 6.07) is 22.2. The van der Waals surface area contributed by atoms with E-state index in [1.165, 1.54) is 5.56 Å². The lowest BCUT2D eigenvalue weighted by molar-refractivity contribution is 0.174. The second kappa shape index (κ2) is 9.68. The molecule has 1 fully saturated rings. The van der Waals surface area contributed by atoms with Crippen molar-refractivity contribution >= 4 is 23.0 Å². The number of benzene rings is 2. The molecular weight excluding hydrogens is 496 g/mol. The van der Waals surface area contributed by atoms with Crippen molar-refractivity contribution in [3.63, 3.8) is 0 Å². The highest BCUT2D eigenvalue weighted by molar-refractivity contribution is 7.80. The average Bonchev–Trinajstić information content (AvgIpc) is 3.59. The van der Waals surface area contributed by atoms with Gasteiger partial charge in [0.15, 0.2) is 16.6 Å². The number of rotatable bonds is 6. The molecular formula is C30H30N4O3S. The van der Waals surface area contributed by atoms with Crippen molar-refractivity contribution < 1.29 is 14.2 Å². The standard InChI is InChI=1S/C30H30N4O3S/c1-18(2)37-23-11-8-21(9-12-23)34-29(28(32-30(34)38)25-7-5-6-14-31-25)24-15-19(3)33(20(24)4)22-10-13-26-27(16-22)36-17-35-26/h5-16,18,28-29H,17H2,1-4H3,(H,32,38). The number of ether oxygens (including phenoxy) is 3. The van der Waals surface area contributed by atoms with Crippen molar-refractivity contribution in [2.45, 2.75) is 45.9 Å². The van der Waals surface area contributed by atoms with Gasteiger partial charge in [-0.05, 0) is 100 Å². The van der Waals surface area contributed by atoms with E-state index in [0.29, 0.717) is 5.11 Å². The highest BCUT2D eigenvalue weighted by atomic mass is 32.1. The molecule has 2 aromatic heterocycles. The van der Waals surface area contributed by atoms with Gasteiger partial charge in [-0.15, -0.1) is 0 Å². The highest BCUT2D eigenvalue weighted by Gasteiger charge is 2.42. The lowest BCUT2D eigenvalue weighted by Crippen LogP contribution is -2.29. The van der Waals surface area contributed by atoms with Crippen LogP contribution in [-0.4, -0.2) is 27.6 Å². The maximum Gasteiger partial charge on any atom is 0.231 e. The third-order valence-corrected chi connectivity index (χ3v) is 7.30. The van der Waals surface area contributed by atoms with Crippen LogP contribution in [0.2, 0.25) is 0 Å². The molecule has 7 nitrogen and oxygen atoms in total. The van der Waals surface area contributed by atoms with Crippen LogP contribution in [0.1, 0.15) is 48.6 Å². The first-order chi connectivity index (χ1) is 18.4. The lowest BCUT2D eigenvalue weighted by Gasteiger charge is -2.28. The van der Waals surface area contributed by atoms with Crippen LogP contribution in [0.15, 0.2) is 72.9 Å². The average molecular weight is 527 g/mol. The number of aromatic nitrogens is 2. The third-order valence-electron chi connectivity index (χ3n) is 6.99. The number of nitrogens with one attached hydrogen (secondary N) is 1. The summed E-state index contributed by atoms with van der Waals surface area (Å²) in [7, 11) is 0. The van der Waals surface area contributed by atoms with Crippen LogP contribution in [0.5, 0.6) is 17.2 Å². The molecule has 0 amide bonds. The monoisotopic (exact) mass is 526 g/mol. The normalized spacial score (nSPS) is 18.2. The molecule has 4 heterocycles. The van der Waals surface area contributed by atoms with Crippen LogP contribution >= 0.6 is 12.2 Å². The molecule has 0 spiro atoms. The molecule has 8 heteroatoms. The SMILES string of the molecule is Cc1cc(C2C(c3ccccn3)NC(=S)N2c2ccc(OC(C)C)cc2)c(C)n1-c1ccc2c(c1)OCO2. The maximum absolute atomic E-state index is 5.93. The summed E-state index contributed by atoms with van der Waals surface area (Å²) in [5.41, 5.74) is 6.38. The topological polar surface area (TPSA) is 60.8 Å². The molecule has 0 radical (unpaired) electrons. The fourth-order valence-corrected chi connectivity index (χ4v) is 5.76. The zero-order chi connectivity index (χ0) is 26.4. The number of anilines is 1. The maximum atomic E-state index is 5.93. The number of nitrogens with zero attached hydrogens (tertiary/aromatic N) is 3. The summed E-state index contributed by atoms with van der Waals surface area (Å²) in [6.45, 7) is 8.58. The quantitative estimate of drug-likeness (QED) is 0.301. The van der Waals surface area contributed by atoms with E-state index in [1.54, 1.807) is 0 Å². The van der Waals surface area contributed by atoms with Crippen molar-refractivity contribution in [3.8, 4) is 22.9 Å². The second-order valence-corrected chi connectivity index (χ2v) is 10.2. The van der Waals surface area contributed by atoms with E-state index in [2.05, 4.69) is 52.9 Å². The van der Waals surface area contributed by atoms with Crippen LogP contribution in [0.4, 0.5) is 5.69 Å². The molecule has 2 aliphatic rings. The second-order valence-electron chi connectivity index (χ2n) is 9.86. The van der Waals surface area contributed by atoms with Crippen molar-refractivity contribution in [1.82, 2.24) is 14.9 Å². The molecule has 0 saturated carbocycles. The summed E-state index contributed by atoms with van der Waals surface area (Å²) >= 11 is 5.93. The van der Waals surface area contributed by atoms with Crippen LogP contribution < -0.4 is 24.4 Å². The molecule has 2 aliphatic heterocycles. The van der Waals surface area contributed by atoms with Crippen molar-refractivity contribution in [2.75, 3.05) is 11.7 Å². The predicted molar refractivity (Wildman–Crippen MR) is 152 cm³/mol. The molecule has 1 N–H and O–H groups in total. The molecule has 2 atom stereocenters. The number of aryl methyl sites for hydroxylation is 1. The van der Waals surface area contributed by atoms with Gasteiger partial charge >= 0.3 is 0 Å². The molecule has 2 unspecified atom stereocenters. The van der Waals surface area contributed by atoms with Gasteiger partial charge < -0.3 is 29.0 Å². The Balaban J connectivity index is 1.45.